The highest BCUT2D eigenvalue weighted by Crippen LogP contribution is 2.39. The first-order valence-electron chi connectivity index (χ1n) is 11.0. The number of fused-ring (bicyclic) bond motifs is 1. The Hall–Kier alpha value is -3.21. The fourth-order valence-electron chi connectivity index (χ4n) is 4.50. The monoisotopic (exact) mass is 477 g/mol. The van der Waals surface area contributed by atoms with E-state index in [1.807, 2.05) is 13.8 Å². The number of carbonyl (C=O) groups excluding carboxylic acids is 1. The molecule has 11 heteroatoms. The molecule has 1 unspecified atom stereocenters. The number of nitrogens with zero attached hydrogens (tertiary/aromatic N) is 5. The van der Waals surface area contributed by atoms with E-state index >= 15 is 0 Å². The van der Waals surface area contributed by atoms with E-state index in [1.165, 1.54) is 13.1 Å². The molecule has 3 aromatic rings. The van der Waals surface area contributed by atoms with Crippen LogP contribution >= 0.6 is 0 Å². The zero-order valence-electron chi connectivity index (χ0n) is 19.3. The molecule has 0 radical (unpaired) electrons. The molecule has 8 nitrogen and oxygen atoms in total. The number of rotatable bonds is 4. The van der Waals surface area contributed by atoms with Crippen molar-refractivity contribution in [3.05, 3.63) is 35.2 Å². The second-order valence-corrected chi connectivity index (χ2v) is 8.95. The van der Waals surface area contributed by atoms with Crippen LogP contribution in [0.3, 0.4) is 0 Å². The summed E-state index contributed by atoms with van der Waals surface area (Å²) in [6, 6.07) is 1.43. The number of aromatic nitrogens is 4. The standard InChI is InChI=1S/C23H26F3N5O3/c1-11(2)30-10-15(5-6-18(30)34)31-21(13(4)32)20-22(29-31)28-16(9-27-20)19-12(3)7-14(8-17(19)33)23(24,25)26/h7-9,11,13,15,32-33H,5-6,10H2,1-4H3/t13-,15?/m0/s1. The number of phenols is 1. The number of aliphatic hydroxyl groups excluding tert-OH is 1. The summed E-state index contributed by atoms with van der Waals surface area (Å²) in [5.74, 6) is -0.497. The minimum atomic E-state index is -4.59. The van der Waals surface area contributed by atoms with Gasteiger partial charge in [-0.25, -0.2) is 9.97 Å². The van der Waals surface area contributed by atoms with E-state index in [0.717, 1.165) is 6.07 Å². The van der Waals surface area contributed by atoms with Gasteiger partial charge in [-0.2, -0.15) is 13.2 Å². The van der Waals surface area contributed by atoms with Crippen LogP contribution in [-0.2, 0) is 11.0 Å². The van der Waals surface area contributed by atoms with Crippen molar-refractivity contribution in [3.8, 4) is 17.0 Å². The molecule has 3 heterocycles. The molecule has 1 aliphatic rings. The zero-order chi connectivity index (χ0) is 24.9. The van der Waals surface area contributed by atoms with Crippen LogP contribution in [0, 0.1) is 6.92 Å². The van der Waals surface area contributed by atoms with E-state index in [0.29, 0.717) is 36.7 Å². The first kappa shape index (κ1) is 23.9. The largest absolute Gasteiger partial charge is 0.507 e. The van der Waals surface area contributed by atoms with Crippen molar-refractivity contribution in [1.82, 2.24) is 24.6 Å². The number of phenolic OH excluding ortho intramolecular Hbond substituents is 1. The van der Waals surface area contributed by atoms with Crippen LogP contribution < -0.4 is 0 Å². The number of piperidine rings is 1. The Bertz CT molecular complexity index is 1230. The summed E-state index contributed by atoms with van der Waals surface area (Å²) in [7, 11) is 0. The van der Waals surface area contributed by atoms with Crippen LogP contribution in [0.4, 0.5) is 13.2 Å². The summed E-state index contributed by atoms with van der Waals surface area (Å²) < 4.78 is 40.9. The Morgan fingerprint density at radius 3 is 2.50 bits per heavy atom. The molecule has 1 saturated heterocycles. The zero-order valence-corrected chi connectivity index (χ0v) is 19.3. The van der Waals surface area contributed by atoms with E-state index in [9.17, 15) is 28.2 Å². The minimum absolute atomic E-state index is 0.0174. The van der Waals surface area contributed by atoms with Gasteiger partial charge in [0, 0.05) is 24.6 Å². The predicted octanol–water partition coefficient (Wildman–Crippen LogP) is 4.15. The third-order valence-electron chi connectivity index (χ3n) is 6.13. The topological polar surface area (TPSA) is 104 Å². The molecule has 2 atom stereocenters. The Morgan fingerprint density at radius 1 is 1.21 bits per heavy atom. The SMILES string of the molecule is Cc1cc(C(F)(F)F)cc(O)c1-c1cnc2c([C@H](C)O)n(C3CCC(=O)N(C(C)C)C3)nc2n1. The van der Waals surface area contributed by atoms with Crippen molar-refractivity contribution in [2.75, 3.05) is 6.54 Å². The second-order valence-electron chi connectivity index (χ2n) is 8.95. The molecule has 1 aliphatic heterocycles. The number of hydrogen-bond donors (Lipinski definition) is 2. The van der Waals surface area contributed by atoms with Gasteiger partial charge in [0.15, 0.2) is 0 Å². The Balaban J connectivity index is 1.80. The van der Waals surface area contributed by atoms with Gasteiger partial charge in [-0.05, 0) is 51.8 Å². The summed E-state index contributed by atoms with van der Waals surface area (Å²) in [4.78, 5) is 22.9. The summed E-state index contributed by atoms with van der Waals surface area (Å²) in [6.45, 7) is 7.33. The molecule has 0 aliphatic carbocycles. The van der Waals surface area contributed by atoms with Crippen LogP contribution in [0.25, 0.3) is 22.4 Å². The van der Waals surface area contributed by atoms with E-state index in [-0.39, 0.29) is 40.5 Å². The lowest BCUT2D eigenvalue weighted by Crippen LogP contribution is -2.45. The van der Waals surface area contributed by atoms with E-state index in [4.69, 9.17) is 0 Å². The normalized spacial score (nSPS) is 18.2. The average Bonchev–Trinajstić information content (AvgIpc) is 3.11. The molecule has 1 fully saturated rings. The predicted molar refractivity (Wildman–Crippen MR) is 118 cm³/mol. The number of hydrogen-bond acceptors (Lipinski definition) is 6. The average molecular weight is 477 g/mol. The molecule has 1 aromatic carbocycles. The Kier molecular flexibility index (Phi) is 6.01. The molecule has 34 heavy (non-hydrogen) atoms. The third kappa shape index (κ3) is 4.20. The van der Waals surface area contributed by atoms with Crippen molar-refractivity contribution in [3.63, 3.8) is 0 Å². The highest BCUT2D eigenvalue weighted by Gasteiger charge is 2.34. The quantitative estimate of drug-likeness (QED) is 0.585. The maximum absolute atomic E-state index is 13.1. The van der Waals surface area contributed by atoms with Gasteiger partial charge < -0.3 is 15.1 Å². The number of alkyl halides is 3. The summed E-state index contributed by atoms with van der Waals surface area (Å²) in [6.07, 6.45) is -3.27. The molecule has 0 spiro atoms. The number of benzene rings is 1. The maximum Gasteiger partial charge on any atom is 0.416 e. The highest BCUT2D eigenvalue weighted by atomic mass is 19.4. The van der Waals surface area contributed by atoms with Gasteiger partial charge in [0.05, 0.1) is 35.3 Å². The lowest BCUT2D eigenvalue weighted by molar-refractivity contribution is -0.138. The van der Waals surface area contributed by atoms with Crippen LogP contribution in [-0.4, -0.2) is 53.4 Å². The smallest absolute Gasteiger partial charge is 0.416 e. The third-order valence-corrected chi connectivity index (χ3v) is 6.13. The van der Waals surface area contributed by atoms with Crippen molar-refractivity contribution in [2.24, 2.45) is 0 Å². The number of aromatic hydroxyl groups is 1. The number of carbonyl (C=O) groups is 1. The molecule has 1 amide bonds. The van der Waals surface area contributed by atoms with Gasteiger partial charge in [-0.3, -0.25) is 9.48 Å². The number of aryl methyl sites for hydroxylation is 1. The van der Waals surface area contributed by atoms with Gasteiger partial charge in [0.25, 0.3) is 0 Å². The summed E-state index contributed by atoms with van der Waals surface area (Å²) in [5, 5.41) is 25.4. The van der Waals surface area contributed by atoms with Gasteiger partial charge >= 0.3 is 6.18 Å². The van der Waals surface area contributed by atoms with Gasteiger partial charge in [0.1, 0.15) is 11.3 Å². The van der Waals surface area contributed by atoms with Crippen molar-refractivity contribution in [1.29, 1.82) is 0 Å². The highest BCUT2D eigenvalue weighted by molar-refractivity contribution is 5.80. The number of likely N-dealkylation sites (tertiary alicyclic amines) is 1. The number of amides is 1. The van der Waals surface area contributed by atoms with Gasteiger partial charge in [0.2, 0.25) is 11.6 Å². The lowest BCUT2D eigenvalue weighted by atomic mass is 10.0. The summed E-state index contributed by atoms with van der Waals surface area (Å²) >= 11 is 0. The van der Waals surface area contributed by atoms with Crippen molar-refractivity contribution in [2.45, 2.75) is 64.9 Å². The Morgan fingerprint density at radius 2 is 1.91 bits per heavy atom. The van der Waals surface area contributed by atoms with Crippen LogP contribution in [0.15, 0.2) is 18.3 Å². The first-order chi connectivity index (χ1) is 15.9. The van der Waals surface area contributed by atoms with Gasteiger partial charge in [-0.15, -0.1) is 5.10 Å². The van der Waals surface area contributed by atoms with E-state index < -0.39 is 23.6 Å². The number of halogens is 3. The van der Waals surface area contributed by atoms with Crippen LogP contribution in [0.1, 0.15) is 62.6 Å². The summed E-state index contributed by atoms with van der Waals surface area (Å²) in [5.41, 5.74) is 0.531. The van der Waals surface area contributed by atoms with E-state index in [2.05, 4.69) is 15.1 Å². The van der Waals surface area contributed by atoms with Crippen molar-refractivity contribution < 1.29 is 28.2 Å². The first-order valence-corrected chi connectivity index (χ1v) is 11.0. The van der Waals surface area contributed by atoms with Gasteiger partial charge in [-0.1, -0.05) is 0 Å². The molecule has 2 N–H and O–H groups in total. The molecule has 2 aromatic heterocycles. The molecule has 0 saturated carbocycles. The molecular formula is C23H26F3N5O3. The minimum Gasteiger partial charge on any atom is -0.507 e. The molecule has 0 bridgehead atoms. The van der Waals surface area contributed by atoms with Crippen LogP contribution in [0.2, 0.25) is 0 Å². The number of aliphatic hydroxyl groups is 1. The maximum atomic E-state index is 13.1. The fourth-order valence-corrected chi connectivity index (χ4v) is 4.50. The van der Waals surface area contributed by atoms with E-state index in [1.54, 1.807) is 16.5 Å². The Labute approximate surface area is 194 Å². The van der Waals surface area contributed by atoms with Crippen molar-refractivity contribution >= 4 is 17.1 Å². The van der Waals surface area contributed by atoms with Crippen LogP contribution in [0.5, 0.6) is 5.75 Å². The lowest BCUT2D eigenvalue weighted by Gasteiger charge is -2.36. The second kappa shape index (κ2) is 8.53. The molecule has 182 valence electrons. The fraction of sp³-hybridized carbons (Fsp3) is 0.478. The molecular weight excluding hydrogens is 451 g/mol. The molecule has 4 rings (SSSR count).